The first kappa shape index (κ1) is 28.7. The molecule has 0 bridgehead atoms. The SMILES string of the molecule is CC(C)C[C@H](C(=O)N[C@H](C)CC(=O)O)N1C(=O)N(Cc2ccc(OCc3ccccc3)cc2)C(C)(C)C1=O. The maximum atomic E-state index is 13.6. The molecule has 0 saturated carbocycles. The molecule has 0 aliphatic carbocycles. The van der Waals surface area contributed by atoms with Crippen molar-refractivity contribution in [2.45, 2.75) is 78.2 Å². The zero-order chi connectivity index (χ0) is 28.0. The second kappa shape index (κ2) is 12.1. The van der Waals surface area contributed by atoms with Crippen LogP contribution in [0, 0.1) is 5.92 Å². The second-order valence-electron chi connectivity index (χ2n) is 10.7. The van der Waals surface area contributed by atoms with Crippen molar-refractivity contribution in [2.24, 2.45) is 5.92 Å². The van der Waals surface area contributed by atoms with Crippen LogP contribution in [0.3, 0.4) is 0 Å². The Morgan fingerprint density at radius 1 is 0.974 bits per heavy atom. The summed E-state index contributed by atoms with van der Waals surface area (Å²) in [6.07, 6.45) is 0.00514. The highest BCUT2D eigenvalue weighted by atomic mass is 16.5. The highest BCUT2D eigenvalue weighted by Crippen LogP contribution is 2.33. The number of carbonyl (C=O) groups excluding carboxylic acids is 3. The van der Waals surface area contributed by atoms with Crippen LogP contribution in [0.25, 0.3) is 0 Å². The van der Waals surface area contributed by atoms with Gasteiger partial charge in [0.1, 0.15) is 23.9 Å². The fourth-order valence-corrected chi connectivity index (χ4v) is 4.45. The molecule has 9 heteroatoms. The molecule has 0 aromatic heterocycles. The van der Waals surface area contributed by atoms with Crippen LogP contribution in [0.2, 0.25) is 0 Å². The van der Waals surface area contributed by atoms with E-state index in [9.17, 15) is 19.2 Å². The van der Waals surface area contributed by atoms with Crippen LogP contribution in [0.1, 0.15) is 58.6 Å². The van der Waals surface area contributed by atoms with Crippen LogP contribution in [0.5, 0.6) is 5.75 Å². The lowest BCUT2D eigenvalue weighted by atomic mass is 9.99. The molecule has 0 radical (unpaired) electrons. The number of hydrogen-bond donors (Lipinski definition) is 2. The first-order chi connectivity index (χ1) is 17.9. The van der Waals surface area contributed by atoms with E-state index in [2.05, 4.69) is 5.32 Å². The summed E-state index contributed by atoms with van der Waals surface area (Å²) in [5, 5.41) is 11.7. The van der Waals surface area contributed by atoms with Crippen molar-refractivity contribution in [3.8, 4) is 5.75 Å². The van der Waals surface area contributed by atoms with Crippen molar-refractivity contribution in [1.29, 1.82) is 0 Å². The molecule has 2 aromatic rings. The topological polar surface area (TPSA) is 116 Å². The van der Waals surface area contributed by atoms with Crippen LogP contribution in [0.15, 0.2) is 54.6 Å². The van der Waals surface area contributed by atoms with Crippen molar-refractivity contribution >= 4 is 23.8 Å². The maximum Gasteiger partial charge on any atom is 0.328 e. The van der Waals surface area contributed by atoms with E-state index in [0.29, 0.717) is 12.4 Å². The normalized spacial score (nSPS) is 16.5. The molecule has 2 aromatic carbocycles. The molecule has 1 saturated heterocycles. The summed E-state index contributed by atoms with van der Waals surface area (Å²) in [5.74, 6) is -1.34. The molecule has 2 N–H and O–H groups in total. The molecule has 0 unspecified atom stereocenters. The Labute approximate surface area is 223 Å². The fraction of sp³-hybridized carbons (Fsp3) is 0.448. The number of benzene rings is 2. The van der Waals surface area contributed by atoms with E-state index < -0.39 is 41.4 Å². The lowest BCUT2D eigenvalue weighted by Gasteiger charge is -2.28. The summed E-state index contributed by atoms with van der Waals surface area (Å²) in [4.78, 5) is 53.8. The fourth-order valence-electron chi connectivity index (χ4n) is 4.45. The number of rotatable bonds is 12. The quantitative estimate of drug-likeness (QED) is 0.403. The zero-order valence-electron chi connectivity index (χ0n) is 22.6. The predicted octanol–water partition coefficient (Wildman–Crippen LogP) is 4.20. The highest BCUT2D eigenvalue weighted by Gasteiger charge is 2.54. The number of urea groups is 1. The van der Waals surface area contributed by atoms with Crippen molar-refractivity contribution in [3.63, 3.8) is 0 Å². The van der Waals surface area contributed by atoms with Gasteiger partial charge in [0, 0.05) is 12.6 Å². The molecular weight excluding hydrogens is 486 g/mol. The molecule has 0 spiro atoms. The van der Waals surface area contributed by atoms with Crippen LogP contribution < -0.4 is 10.1 Å². The summed E-state index contributed by atoms with van der Waals surface area (Å²) >= 11 is 0. The average Bonchev–Trinajstić information content (AvgIpc) is 3.01. The lowest BCUT2D eigenvalue weighted by molar-refractivity contribution is -0.140. The largest absolute Gasteiger partial charge is 0.489 e. The van der Waals surface area contributed by atoms with Gasteiger partial charge in [0.25, 0.3) is 5.91 Å². The zero-order valence-corrected chi connectivity index (χ0v) is 22.6. The number of amides is 4. The van der Waals surface area contributed by atoms with Gasteiger partial charge in [0.2, 0.25) is 5.91 Å². The summed E-state index contributed by atoms with van der Waals surface area (Å²) in [6, 6.07) is 14.9. The molecule has 204 valence electrons. The summed E-state index contributed by atoms with van der Waals surface area (Å²) < 4.78 is 5.84. The van der Waals surface area contributed by atoms with Gasteiger partial charge in [-0.25, -0.2) is 9.69 Å². The minimum absolute atomic E-state index is 0.0155. The predicted molar refractivity (Wildman–Crippen MR) is 142 cm³/mol. The van der Waals surface area contributed by atoms with E-state index in [4.69, 9.17) is 9.84 Å². The highest BCUT2D eigenvalue weighted by molar-refractivity contribution is 6.09. The standard InChI is InChI=1S/C29H37N3O6/c1-19(2)15-24(26(35)30-20(3)16-25(33)34)32-27(36)29(4,5)31(28(32)37)17-21-11-13-23(14-12-21)38-18-22-9-7-6-8-10-22/h6-14,19-20,24H,15-18H2,1-5H3,(H,30,35)(H,33,34)/t20-,24-/m1/s1. The van der Waals surface area contributed by atoms with Gasteiger partial charge < -0.3 is 20.1 Å². The van der Waals surface area contributed by atoms with E-state index >= 15 is 0 Å². The number of carbonyl (C=O) groups is 4. The van der Waals surface area contributed by atoms with Crippen LogP contribution in [-0.4, -0.2) is 56.3 Å². The van der Waals surface area contributed by atoms with Gasteiger partial charge in [-0.1, -0.05) is 56.3 Å². The number of carboxylic acid groups (broad SMARTS) is 1. The minimum Gasteiger partial charge on any atom is -0.489 e. The van der Waals surface area contributed by atoms with Crippen LogP contribution in [-0.2, 0) is 27.5 Å². The van der Waals surface area contributed by atoms with Gasteiger partial charge in [-0.15, -0.1) is 0 Å². The van der Waals surface area contributed by atoms with Crippen molar-refractivity contribution in [1.82, 2.24) is 15.1 Å². The molecule has 38 heavy (non-hydrogen) atoms. The third-order valence-electron chi connectivity index (χ3n) is 6.54. The molecule has 1 heterocycles. The molecule has 3 rings (SSSR count). The number of nitrogens with zero attached hydrogens (tertiary/aromatic N) is 2. The molecule has 1 aliphatic rings. The molecule has 1 aliphatic heterocycles. The van der Waals surface area contributed by atoms with Gasteiger partial charge in [0.15, 0.2) is 0 Å². The van der Waals surface area contributed by atoms with Crippen LogP contribution in [0.4, 0.5) is 4.79 Å². The first-order valence-electron chi connectivity index (χ1n) is 12.8. The van der Waals surface area contributed by atoms with E-state index in [1.165, 1.54) is 4.90 Å². The van der Waals surface area contributed by atoms with Gasteiger partial charge >= 0.3 is 12.0 Å². The minimum atomic E-state index is -1.16. The number of aliphatic carboxylic acids is 1. The van der Waals surface area contributed by atoms with Crippen molar-refractivity contribution in [3.05, 3.63) is 65.7 Å². The van der Waals surface area contributed by atoms with E-state index in [1.807, 2.05) is 68.4 Å². The van der Waals surface area contributed by atoms with Crippen LogP contribution >= 0.6 is 0 Å². The molecular formula is C29H37N3O6. The van der Waals surface area contributed by atoms with E-state index in [0.717, 1.165) is 16.0 Å². The van der Waals surface area contributed by atoms with E-state index in [1.54, 1.807) is 20.8 Å². The number of carboxylic acids is 1. The summed E-state index contributed by atoms with van der Waals surface area (Å²) in [5.41, 5.74) is 0.701. The van der Waals surface area contributed by atoms with E-state index in [-0.39, 0.29) is 25.3 Å². The Hall–Kier alpha value is -3.88. The monoisotopic (exact) mass is 523 g/mol. The Kier molecular flexibility index (Phi) is 9.14. The third kappa shape index (κ3) is 6.90. The van der Waals surface area contributed by atoms with Gasteiger partial charge in [-0.05, 0) is 56.4 Å². The summed E-state index contributed by atoms with van der Waals surface area (Å²) in [6.45, 7) is 9.33. The smallest absolute Gasteiger partial charge is 0.328 e. The summed E-state index contributed by atoms with van der Waals surface area (Å²) in [7, 11) is 0. The lowest BCUT2D eigenvalue weighted by Crippen LogP contribution is -2.53. The van der Waals surface area contributed by atoms with Crippen molar-refractivity contribution in [2.75, 3.05) is 0 Å². The Bertz CT molecular complexity index is 1150. The molecule has 4 amide bonds. The Morgan fingerprint density at radius 3 is 2.18 bits per heavy atom. The molecule has 1 fully saturated rings. The molecule has 9 nitrogen and oxygen atoms in total. The number of hydrogen-bond acceptors (Lipinski definition) is 5. The Balaban J connectivity index is 1.74. The third-order valence-corrected chi connectivity index (χ3v) is 6.54. The van der Waals surface area contributed by atoms with Gasteiger partial charge in [0.05, 0.1) is 6.42 Å². The molecule has 2 atom stereocenters. The maximum absolute atomic E-state index is 13.6. The van der Waals surface area contributed by atoms with Crippen molar-refractivity contribution < 1.29 is 29.0 Å². The number of imide groups is 1. The second-order valence-corrected chi connectivity index (χ2v) is 10.7. The first-order valence-corrected chi connectivity index (χ1v) is 12.8. The average molecular weight is 524 g/mol. The Morgan fingerprint density at radius 2 is 1.61 bits per heavy atom. The number of ether oxygens (including phenoxy) is 1. The van der Waals surface area contributed by atoms with Gasteiger partial charge in [-0.2, -0.15) is 0 Å². The van der Waals surface area contributed by atoms with Gasteiger partial charge in [-0.3, -0.25) is 14.4 Å². The number of nitrogens with one attached hydrogen (secondary N) is 1.